The van der Waals surface area contributed by atoms with Crippen LogP contribution in [0.3, 0.4) is 0 Å². The van der Waals surface area contributed by atoms with E-state index in [-0.39, 0.29) is 6.04 Å². The number of nitriles is 1. The van der Waals surface area contributed by atoms with Gasteiger partial charge in [-0.05, 0) is 67.5 Å². The third-order valence-electron chi connectivity index (χ3n) is 5.41. The van der Waals surface area contributed by atoms with Crippen LogP contribution in [0.25, 0.3) is 5.57 Å². The Hall–Kier alpha value is -2.58. The van der Waals surface area contributed by atoms with Crippen LogP contribution >= 0.6 is 0 Å². The van der Waals surface area contributed by atoms with Crippen LogP contribution in [0.15, 0.2) is 59.6 Å². The van der Waals surface area contributed by atoms with E-state index in [0.717, 1.165) is 36.0 Å². The van der Waals surface area contributed by atoms with Crippen molar-refractivity contribution in [3.63, 3.8) is 0 Å². The van der Waals surface area contributed by atoms with E-state index >= 15 is 0 Å². The van der Waals surface area contributed by atoms with Crippen molar-refractivity contribution in [3.8, 4) is 6.07 Å². The van der Waals surface area contributed by atoms with Crippen molar-refractivity contribution in [2.24, 2.45) is 5.92 Å². The summed E-state index contributed by atoms with van der Waals surface area (Å²) >= 11 is 0. The number of rotatable bonds is 3. The summed E-state index contributed by atoms with van der Waals surface area (Å²) in [5.41, 5.74) is 3.70. The minimum absolute atomic E-state index is 0.0356. The van der Waals surface area contributed by atoms with Crippen molar-refractivity contribution in [3.05, 3.63) is 71.4 Å². The molecular formula is C21H20N2O2S. The predicted molar refractivity (Wildman–Crippen MR) is 100 cm³/mol. The molecule has 0 amide bonds. The molecule has 5 heteroatoms. The van der Waals surface area contributed by atoms with Crippen molar-refractivity contribution in [2.75, 3.05) is 0 Å². The van der Waals surface area contributed by atoms with Crippen molar-refractivity contribution < 1.29 is 8.42 Å². The first-order valence-corrected chi connectivity index (χ1v) is 10.3. The van der Waals surface area contributed by atoms with E-state index in [1.165, 1.54) is 0 Å². The second kappa shape index (κ2) is 6.30. The molecule has 2 atom stereocenters. The Kier molecular flexibility index (Phi) is 4.08. The van der Waals surface area contributed by atoms with Crippen LogP contribution < -0.4 is 0 Å². The van der Waals surface area contributed by atoms with Crippen LogP contribution in [-0.4, -0.2) is 18.8 Å². The number of nitrogens with zero attached hydrogens (tertiary/aromatic N) is 2. The van der Waals surface area contributed by atoms with Crippen LogP contribution in [0.4, 0.5) is 0 Å². The number of hydrogen-bond donors (Lipinski definition) is 0. The summed E-state index contributed by atoms with van der Waals surface area (Å²) in [4.78, 5) is 0.337. The summed E-state index contributed by atoms with van der Waals surface area (Å²) in [7, 11) is -3.56. The molecule has 0 spiro atoms. The maximum absolute atomic E-state index is 13.2. The molecule has 1 aliphatic carbocycles. The quantitative estimate of drug-likeness (QED) is 0.824. The standard InChI is InChI=1S/C21H20N2O2S/c1-15-2-10-20(11-3-15)26(24,25)23-14-21(18-8-9-19(23)12-18)17-6-4-16(13-22)5-7-17/h2-7,10-11,14,18-19H,8-9,12H2,1H3/t18-,19+/m0/s1. The SMILES string of the molecule is Cc1ccc(S(=O)(=O)N2C=C(c3ccc(C#N)cc3)[C@H]3CC[C@@H]2C3)cc1. The first kappa shape index (κ1) is 16.9. The van der Waals surface area contributed by atoms with Crippen LogP contribution in [0.2, 0.25) is 0 Å². The lowest BCUT2D eigenvalue weighted by Gasteiger charge is -2.32. The Bertz CT molecular complexity index is 999. The van der Waals surface area contributed by atoms with E-state index in [0.29, 0.717) is 16.4 Å². The summed E-state index contributed by atoms with van der Waals surface area (Å²) in [6, 6.07) is 16.6. The highest BCUT2D eigenvalue weighted by Crippen LogP contribution is 2.45. The first-order valence-electron chi connectivity index (χ1n) is 8.81. The zero-order chi connectivity index (χ0) is 18.3. The zero-order valence-corrected chi connectivity index (χ0v) is 15.4. The first-order chi connectivity index (χ1) is 12.5. The fraction of sp³-hybridized carbons (Fsp3) is 0.286. The second-order valence-electron chi connectivity index (χ2n) is 7.09. The van der Waals surface area contributed by atoms with E-state index in [2.05, 4.69) is 6.07 Å². The summed E-state index contributed by atoms with van der Waals surface area (Å²) in [6.45, 7) is 1.95. The number of fused-ring (bicyclic) bond motifs is 2. The van der Waals surface area contributed by atoms with E-state index < -0.39 is 10.0 Å². The highest BCUT2D eigenvalue weighted by Gasteiger charge is 2.40. The van der Waals surface area contributed by atoms with Gasteiger partial charge in [-0.3, -0.25) is 4.31 Å². The van der Waals surface area contributed by atoms with Crippen LogP contribution in [-0.2, 0) is 10.0 Å². The Balaban J connectivity index is 1.76. The maximum atomic E-state index is 13.2. The van der Waals surface area contributed by atoms with Gasteiger partial charge in [0.05, 0.1) is 16.5 Å². The molecule has 4 rings (SSSR count). The molecule has 1 aliphatic heterocycles. The van der Waals surface area contributed by atoms with Gasteiger partial charge >= 0.3 is 0 Å². The number of aryl methyl sites for hydroxylation is 1. The molecular weight excluding hydrogens is 344 g/mol. The van der Waals surface area contributed by atoms with Crippen LogP contribution in [0.5, 0.6) is 0 Å². The summed E-state index contributed by atoms with van der Waals surface area (Å²) in [5, 5.41) is 8.99. The third kappa shape index (κ3) is 2.81. The number of allylic oxidation sites excluding steroid dienone is 1. The summed E-state index contributed by atoms with van der Waals surface area (Å²) < 4.78 is 28.0. The van der Waals surface area contributed by atoms with Gasteiger partial charge in [0.15, 0.2) is 0 Å². The fourth-order valence-corrected chi connectivity index (χ4v) is 5.52. The number of benzene rings is 2. The van der Waals surface area contributed by atoms with Gasteiger partial charge in [-0.1, -0.05) is 29.8 Å². The molecule has 132 valence electrons. The molecule has 1 saturated carbocycles. The molecule has 0 radical (unpaired) electrons. The predicted octanol–water partition coefficient (Wildman–Crippen LogP) is 4.08. The number of sulfonamides is 1. The van der Waals surface area contributed by atoms with Crippen molar-refractivity contribution in [1.82, 2.24) is 4.31 Å². The average Bonchev–Trinajstić information content (AvgIpc) is 3.05. The van der Waals surface area contributed by atoms with Crippen LogP contribution in [0.1, 0.15) is 36.0 Å². The van der Waals surface area contributed by atoms with E-state index in [1.807, 2.05) is 37.4 Å². The summed E-state index contributed by atoms with van der Waals surface area (Å²) in [5.74, 6) is 0.386. The molecule has 0 unspecified atom stereocenters. The highest BCUT2D eigenvalue weighted by molar-refractivity contribution is 7.89. The monoisotopic (exact) mass is 364 g/mol. The lowest BCUT2D eigenvalue weighted by Crippen LogP contribution is -2.37. The van der Waals surface area contributed by atoms with Gasteiger partial charge in [0, 0.05) is 12.2 Å². The van der Waals surface area contributed by atoms with E-state index in [4.69, 9.17) is 5.26 Å². The lowest BCUT2D eigenvalue weighted by atomic mass is 9.90. The molecule has 2 aromatic carbocycles. The van der Waals surface area contributed by atoms with Gasteiger partial charge in [-0.25, -0.2) is 8.42 Å². The molecule has 0 N–H and O–H groups in total. The van der Waals surface area contributed by atoms with Gasteiger partial charge in [0.1, 0.15) is 0 Å². The van der Waals surface area contributed by atoms with Crippen molar-refractivity contribution in [2.45, 2.75) is 37.1 Å². The minimum Gasteiger partial charge on any atom is -0.270 e. The second-order valence-corrected chi connectivity index (χ2v) is 8.93. The van der Waals surface area contributed by atoms with Crippen molar-refractivity contribution in [1.29, 1.82) is 5.26 Å². The van der Waals surface area contributed by atoms with Crippen LogP contribution in [0, 0.1) is 24.2 Å². The summed E-state index contributed by atoms with van der Waals surface area (Å²) in [6.07, 6.45) is 4.56. The van der Waals surface area contributed by atoms with E-state index in [9.17, 15) is 8.42 Å². The number of hydrogen-bond acceptors (Lipinski definition) is 3. The fourth-order valence-electron chi connectivity index (χ4n) is 3.96. The molecule has 0 saturated heterocycles. The molecule has 2 aliphatic rings. The van der Waals surface area contributed by atoms with Gasteiger partial charge < -0.3 is 0 Å². The smallest absolute Gasteiger partial charge is 0.264 e. The molecule has 1 heterocycles. The molecule has 26 heavy (non-hydrogen) atoms. The third-order valence-corrected chi connectivity index (χ3v) is 7.24. The van der Waals surface area contributed by atoms with Gasteiger partial charge in [-0.2, -0.15) is 5.26 Å². The van der Waals surface area contributed by atoms with Gasteiger partial charge in [0.25, 0.3) is 10.0 Å². The average molecular weight is 364 g/mol. The van der Waals surface area contributed by atoms with Gasteiger partial charge in [-0.15, -0.1) is 0 Å². The molecule has 1 fully saturated rings. The Morgan fingerprint density at radius 2 is 1.73 bits per heavy atom. The Labute approximate surface area is 154 Å². The van der Waals surface area contributed by atoms with Gasteiger partial charge in [0.2, 0.25) is 0 Å². The molecule has 4 nitrogen and oxygen atoms in total. The normalized spacial score (nSPS) is 22.0. The largest absolute Gasteiger partial charge is 0.270 e. The molecule has 2 aromatic rings. The van der Waals surface area contributed by atoms with Crippen molar-refractivity contribution >= 4 is 15.6 Å². The minimum atomic E-state index is -3.56. The zero-order valence-electron chi connectivity index (χ0n) is 14.6. The molecule has 0 aromatic heterocycles. The van der Waals surface area contributed by atoms with E-state index in [1.54, 1.807) is 28.6 Å². The Morgan fingerprint density at radius 1 is 1.04 bits per heavy atom. The topological polar surface area (TPSA) is 61.2 Å². The highest BCUT2D eigenvalue weighted by atomic mass is 32.2. The molecule has 2 bridgehead atoms. The Morgan fingerprint density at radius 3 is 2.38 bits per heavy atom. The lowest BCUT2D eigenvalue weighted by molar-refractivity contribution is 0.387. The maximum Gasteiger partial charge on any atom is 0.264 e.